The van der Waals surface area contributed by atoms with Gasteiger partial charge in [-0.25, -0.2) is 0 Å². The summed E-state index contributed by atoms with van der Waals surface area (Å²) in [4.78, 5) is 28.0. The molecule has 2 heterocycles. The van der Waals surface area contributed by atoms with Gasteiger partial charge in [0.25, 0.3) is 11.7 Å². The number of anilines is 1. The molecule has 0 bridgehead atoms. The second-order valence-electron chi connectivity index (χ2n) is 9.69. The normalized spacial score (nSPS) is 16.8. The number of aryl methyl sites for hydroxylation is 1. The number of carbonyl (C=O) groups excluding carboxylic acids is 2. The molecule has 3 aromatic carbocycles. The van der Waals surface area contributed by atoms with Crippen molar-refractivity contribution < 1.29 is 23.8 Å². The highest BCUT2D eigenvalue weighted by Crippen LogP contribution is 2.42. The average molecular weight is 508 g/mol. The first-order chi connectivity index (χ1) is 18.3. The fourth-order valence-electron chi connectivity index (χ4n) is 4.68. The molecule has 38 heavy (non-hydrogen) atoms. The average Bonchev–Trinajstić information content (AvgIpc) is 3.55. The molecule has 1 aliphatic heterocycles. The number of ether oxygens (including phenoxy) is 1. The zero-order valence-corrected chi connectivity index (χ0v) is 21.5. The Morgan fingerprint density at radius 1 is 0.974 bits per heavy atom. The molecule has 0 spiro atoms. The van der Waals surface area contributed by atoms with Crippen LogP contribution in [-0.2, 0) is 16.2 Å². The zero-order valence-electron chi connectivity index (χ0n) is 21.5. The molecule has 0 radical (unpaired) electrons. The van der Waals surface area contributed by atoms with E-state index in [9.17, 15) is 14.7 Å². The van der Waals surface area contributed by atoms with E-state index in [-0.39, 0.29) is 11.3 Å². The van der Waals surface area contributed by atoms with E-state index in [0.717, 1.165) is 16.7 Å². The Labute approximate surface area is 221 Å². The maximum atomic E-state index is 13.3. The summed E-state index contributed by atoms with van der Waals surface area (Å²) < 4.78 is 11.6. The summed E-state index contributed by atoms with van der Waals surface area (Å²) in [5.41, 5.74) is 3.90. The van der Waals surface area contributed by atoms with Crippen LogP contribution in [0.2, 0.25) is 0 Å². The molecule has 5 rings (SSSR count). The number of aliphatic hydroxyl groups excluding tert-OH is 1. The molecule has 1 amide bonds. The summed E-state index contributed by atoms with van der Waals surface area (Å²) in [6, 6.07) is 25.0. The summed E-state index contributed by atoms with van der Waals surface area (Å²) in [5.74, 6) is -0.368. The lowest BCUT2D eigenvalue weighted by molar-refractivity contribution is -0.132. The van der Waals surface area contributed by atoms with Crippen molar-refractivity contribution in [3.63, 3.8) is 0 Å². The molecular weight excluding hydrogens is 478 g/mol. The summed E-state index contributed by atoms with van der Waals surface area (Å²) in [7, 11) is 0. The molecule has 1 atom stereocenters. The number of aliphatic hydroxyl groups is 1. The topological polar surface area (TPSA) is 80.0 Å². The van der Waals surface area contributed by atoms with E-state index >= 15 is 0 Å². The van der Waals surface area contributed by atoms with Gasteiger partial charge in [-0.2, -0.15) is 0 Å². The standard InChI is InChI=1S/C32H29NO5/c1-20(2)23-11-14-25(15-12-23)33-29(27-10-7-17-37-27)28(31(35)32(33)36)30(34)24-13-16-26(21(3)18-24)38-19-22-8-5-4-6-9-22/h4-18,20,29,34H,19H2,1-3H3/b30-28-. The van der Waals surface area contributed by atoms with E-state index in [2.05, 4.69) is 13.8 Å². The second-order valence-corrected chi connectivity index (χ2v) is 9.69. The first-order valence-corrected chi connectivity index (χ1v) is 12.6. The molecule has 1 aliphatic rings. The van der Waals surface area contributed by atoms with Crippen molar-refractivity contribution in [3.05, 3.63) is 125 Å². The van der Waals surface area contributed by atoms with Gasteiger partial charge in [-0.05, 0) is 72.0 Å². The minimum atomic E-state index is -0.899. The van der Waals surface area contributed by atoms with Crippen LogP contribution in [0.15, 0.2) is 101 Å². The first kappa shape index (κ1) is 25.1. The Morgan fingerprint density at radius 2 is 1.71 bits per heavy atom. The van der Waals surface area contributed by atoms with Gasteiger partial charge >= 0.3 is 0 Å². The van der Waals surface area contributed by atoms with Crippen LogP contribution in [-0.4, -0.2) is 16.8 Å². The number of hydrogen-bond acceptors (Lipinski definition) is 5. The van der Waals surface area contributed by atoms with Crippen molar-refractivity contribution in [3.8, 4) is 5.75 Å². The number of rotatable bonds is 7. The van der Waals surface area contributed by atoms with E-state index in [1.165, 1.54) is 11.2 Å². The third-order valence-corrected chi connectivity index (χ3v) is 6.78. The van der Waals surface area contributed by atoms with Gasteiger partial charge in [-0.3, -0.25) is 14.5 Å². The molecule has 6 nitrogen and oxygen atoms in total. The van der Waals surface area contributed by atoms with Crippen LogP contribution in [0, 0.1) is 6.92 Å². The maximum absolute atomic E-state index is 13.3. The molecule has 6 heteroatoms. The van der Waals surface area contributed by atoms with E-state index < -0.39 is 17.7 Å². The molecule has 1 saturated heterocycles. The number of carbonyl (C=O) groups is 2. The van der Waals surface area contributed by atoms with Crippen LogP contribution in [0.4, 0.5) is 5.69 Å². The number of ketones is 1. The van der Waals surface area contributed by atoms with Crippen molar-refractivity contribution in [2.45, 2.75) is 39.3 Å². The van der Waals surface area contributed by atoms with Crippen molar-refractivity contribution in [1.82, 2.24) is 0 Å². The Morgan fingerprint density at radius 3 is 2.34 bits per heavy atom. The highest BCUT2D eigenvalue weighted by Gasteiger charge is 2.48. The number of nitrogens with zero attached hydrogens (tertiary/aromatic N) is 1. The minimum Gasteiger partial charge on any atom is -0.507 e. The summed E-state index contributed by atoms with van der Waals surface area (Å²) >= 11 is 0. The largest absolute Gasteiger partial charge is 0.507 e. The van der Waals surface area contributed by atoms with Crippen LogP contribution >= 0.6 is 0 Å². The Kier molecular flexibility index (Phi) is 6.88. The highest BCUT2D eigenvalue weighted by molar-refractivity contribution is 6.51. The quantitative estimate of drug-likeness (QED) is 0.167. The number of amides is 1. The molecule has 1 aromatic heterocycles. The number of furan rings is 1. The molecule has 0 saturated carbocycles. The van der Waals surface area contributed by atoms with E-state index in [4.69, 9.17) is 9.15 Å². The zero-order chi connectivity index (χ0) is 26.8. The van der Waals surface area contributed by atoms with Gasteiger partial charge < -0.3 is 14.3 Å². The first-order valence-electron chi connectivity index (χ1n) is 12.6. The van der Waals surface area contributed by atoms with Crippen molar-refractivity contribution in [2.75, 3.05) is 4.90 Å². The predicted octanol–water partition coefficient (Wildman–Crippen LogP) is 6.92. The molecule has 1 N–H and O–H groups in total. The minimum absolute atomic E-state index is 0.0183. The Hall–Kier alpha value is -4.58. The van der Waals surface area contributed by atoms with Crippen LogP contribution < -0.4 is 9.64 Å². The monoisotopic (exact) mass is 507 g/mol. The van der Waals surface area contributed by atoms with E-state index in [1.807, 2.05) is 61.5 Å². The Bertz CT molecular complexity index is 1480. The van der Waals surface area contributed by atoms with Gasteiger partial charge in [0.15, 0.2) is 0 Å². The number of hydrogen-bond donors (Lipinski definition) is 1. The van der Waals surface area contributed by atoms with Gasteiger partial charge in [-0.1, -0.05) is 56.3 Å². The lowest BCUT2D eigenvalue weighted by atomic mass is 9.98. The fourth-order valence-corrected chi connectivity index (χ4v) is 4.68. The van der Waals surface area contributed by atoms with Crippen molar-refractivity contribution in [1.29, 1.82) is 0 Å². The Balaban J connectivity index is 1.51. The predicted molar refractivity (Wildman–Crippen MR) is 146 cm³/mol. The highest BCUT2D eigenvalue weighted by atomic mass is 16.5. The van der Waals surface area contributed by atoms with Gasteiger partial charge in [0.2, 0.25) is 0 Å². The molecule has 1 unspecified atom stereocenters. The molecule has 192 valence electrons. The van der Waals surface area contributed by atoms with E-state index in [1.54, 1.807) is 30.3 Å². The van der Waals surface area contributed by atoms with Gasteiger partial charge in [0.1, 0.15) is 29.9 Å². The SMILES string of the molecule is Cc1cc(/C(O)=C2/C(=O)C(=O)N(c3ccc(C(C)C)cc3)C2c2ccco2)ccc1OCc1ccccc1. The smallest absolute Gasteiger partial charge is 0.300 e. The van der Waals surface area contributed by atoms with Crippen LogP contribution in [0.1, 0.15) is 53.8 Å². The number of benzene rings is 3. The van der Waals surface area contributed by atoms with Crippen molar-refractivity contribution in [2.24, 2.45) is 0 Å². The maximum Gasteiger partial charge on any atom is 0.300 e. The fraction of sp³-hybridized carbons (Fsp3) is 0.188. The van der Waals surface area contributed by atoms with Crippen LogP contribution in [0.25, 0.3) is 5.76 Å². The lowest BCUT2D eigenvalue weighted by Crippen LogP contribution is -2.29. The second kappa shape index (κ2) is 10.4. The van der Waals surface area contributed by atoms with Gasteiger partial charge in [-0.15, -0.1) is 0 Å². The molecular formula is C32H29NO5. The summed E-state index contributed by atoms with van der Waals surface area (Å²) in [6.07, 6.45) is 1.49. The van der Waals surface area contributed by atoms with Crippen LogP contribution in [0.5, 0.6) is 5.75 Å². The third-order valence-electron chi connectivity index (χ3n) is 6.78. The third kappa shape index (κ3) is 4.73. The molecule has 4 aromatic rings. The number of Topliss-reactive ketones (excluding diaryl/α,β-unsaturated/α-hetero) is 1. The van der Waals surface area contributed by atoms with Crippen molar-refractivity contribution >= 4 is 23.1 Å². The van der Waals surface area contributed by atoms with Gasteiger partial charge in [0.05, 0.1) is 11.8 Å². The van der Waals surface area contributed by atoms with E-state index in [0.29, 0.717) is 35.3 Å². The molecule has 0 aliphatic carbocycles. The van der Waals surface area contributed by atoms with Gasteiger partial charge in [0, 0.05) is 11.3 Å². The lowest BCUT2D eigenvalue weighted by Gasteiger charge is -2.24. The summed E-state index contributed by atoms with van der Waals surface area (Å²) in [6.45, 7) is 6.45. The van der Waals surface area contributed by atoms with Crippen LogP contribution in [0.3, 0.4) is 0 Å². The molecule has 1 fully saturated rings. The summed E-state index contributed by atoms with van der Waals surface area (Å²) in [5, 5.41) is 11.4.